The number of benzene rings is 1. The molecule has 0 saturated heterocycles. The van der Waals surface area contributed by atoms with E-state index in [2.05, 4.69) is 0 Å². The Morgan fingerprint density at radius 2 is 1.85 bits per heavy atom. The Bertz CT molecular complexity index is 557. The van der Waals surface area contributed by atoms with Crippen molar-refractivity contribution in [1.82, 2.24) is 0 Å². The Morgan fingerprint density at radius 3 is 2.30 bits per heavy atom. The smallest absolute Gasteiger partial charge is 0.426 e. The Hall–Kier alpha value is -1.36. The summed E-state index contributed by atoms with van der Waals surface area (Å²) in [6.45, 7) is 0.287. The second-order valence-corrected chi connectivity index (χ2v) is 5.26. The molecular formula is C11H9F3INO4. The molecule has 0 fully saturated rings. The monoisotopic (exact) mass is 403 g/mol. The van der Waals surface area contributed by atoms with Crippen molar-refractivity contribution in [2.45, 2.75) is 18.7 Å². The highest BCUT2D eigenvalue weighted by Crippen LogP contribution is 2.31. The second-order valence-electron chi connectivity index (χ2n) is 4.02. The molecule has 0 saturated carbocycles. The molecule has 110 valence electrons. The van der Waals surface area contributed by atoms with Crippen LogP contribution in [0.1, 0.15) is 17.3 Å². The fraction of sp³-hybridized carbons (Fsp3) is 0.273. The number of anilines is 1. The van der Waals surface area contributed by atoms with Crippen molar-refractivity contribution in [3.8, 4) is 0 Å². The average molecular weight is 403 g/mol. The van der Waals surface area contributed by atoms with Crippen LogP contribution >= 0.6 is 22.6 Å². The lowest BCUT2D eigenvalue weighted by molar-refractivity contribution is -0.242. The van der Waals surface area contributed by atoms with E-state index in [1.807, 2.05) is 22.6 Å². The molecule has 1 unspecified atom stereocenters. The van der Waals surface area contributed by atoms with Crippen LogP contribution in [0.2, 0.25) is 0 Å². The lowest BCUT2D eigenvalue weighted by Crippen LogP contribution is -2.52. The number of aliphatic hydroxyl groups is 1. The number of carboxylic acids is 1. The van der Waals surface area contributed by atoms with Gasteiger partial charge in [0, 0.05) is 3.57 Å². The molecule has 1 amide bonds. The van der Waals surface area contributed by atoms with Crippen molar-refractivity contribution < 1.29 is 33.0 Å². The van der Waals surface area contributed by atoms with Gasteiger partial charge in [-0.1, -0.05) is 0 Å². The van der Waals surface area contributed by atoms with Gasteiger partial charge in [-0.25, -0.2) is 4.79 Å². The average Bonchev–Trinajstić information content (AvgIpc) is 2.29. The van der Waals surface area contributed by atoms with Gasteiger partial charge in [0.2, 0.25) is 5.60 Å². The number of carbonyl (C=O) groups is 2. The summed E-state index contributed by atoms with van der Waals surface area (Å²) in [6.07, 6.45) is -5.18. The van der Waals surface area contributed by atoms with Gasteiger partial charge in [-0.3, -0.25) is 4.79 Å². The summed E-state index contributed by atoms with van der Waals surface area (Å²) < 4.78 is 38.0. The van der Waals surface area contributed by atoms with Crippen molar-refractivity contribution in [2.75, 3.05) is 5.32 Å². The first-order valence-corrected chi connectivity index (χ1v) is 6.18. The third-order valence-electron chi connectivity index (χ3n) is 2.45. The molecule has 1 atom stereocenters. The van der Waals surface area contributed by atoms with Crippen LogP contribution in [0, 0.1) is 3.57 Å². The van der Waals surface area contributed by atoms with Gasteiger partial charge in [-0.15, -0.1) is 0 Å². The first-order chi connectivity index (χ1) is 8.96. The Labute approximate surface area is 124 Å². The van der Waals surface area contributed by atoms with Gasteiger partial charge in [0.05, 0.1) is 11.3 Å². The lowest BCUT2D eigenvalue weighted by atomic mass is 10.1. The van der Waals surface area contributed by atoms with Crippen LogP contribution < -0.4 is 5.32 Å². The highest BCUT2D eigenvalue weighted by atomic mass is 127. The maximum absolute atomic E-state index is 12.5. The molecule has 0 aliphatic rings. The van der Waals surface area contributed by atoms with E-state index >= 15 is 0 Å². The van der Waals surface area contributed by atoms with E-state index in [0.29, 0.717) is 3.57 Å². The van der Waals surface area contributed by atoms with Crippen LogP contribution in [0.3, 0.4) is 0 Å². The number of rotatable bonds is 3. The van der Waals surface area contributed by atoms with Crippen LogP contribution in [0.15, 0.2) is 18.2 Å². The van der Waals surface area contributed by atoms with E-state index in [-0.39, 0.29) is 18.2 Å². The molecule has 1 aromatic carbocycles. The summed E-state index contributed by atoms with van der Waals surface area (Å²) in [5, 5.41) is 19.9. The largest absolute Gasteiger partial charge is 0.478 e. The molecule has 0 aromatic heterocycles. The normalized spacial score (nSPS) is 14.5. The van der Waals surface area contributed by atoms with Crippen LogP contribution in [-0.2, 0) is 4.79 Å². The molecule has 3 N–H and O–H groups in total. The SMILES string of the molecule is CC(O)(C(=O)Nc1ccc(I)cc1C(=O)O)C(F)(F)F. The number of halogens is 4. The van der Waals surface area contributed by atoms with Crippen LogP contribution in [-0.4, -0.2) is 33.9 Å². The lowest BCUT2D eigenvalue weighted by Gasteiger charge is -2.25. The number of carboxylic acid groups (broad SMARTS) is 1. The summed E-state index contributed by atoms with van der Waals surface area (Å²) in [5.41, 5.74) is -4.32. The molecule has 0 heterocycles. The van der Waals surface area contributed by atoms with Gasteiger partial charge in [0.1, 0.15) is 0 Å². The summed E-state index contributed by atoms with van der Waals surface area (Å²) in [5.74, 6) is -3.17. The maximum Gasteiger partial charge on any atom is 0.426 e. The van der Waals surface area contributed by atoms with Crippen molar-refractivity contribution in [3.05, 3.63) is 27.3 Å². The first-order valence-electron chi connectivity index (χ1n) is 5.10. The van der Waals surface area contributed by atoms with E-state index in [4.69, 9.17) is 5.11 Å². The minimum Gasteiger partial charge on any atom is -0.478 e. The molecule has 1 rings (SSSR count). The third kappa shape index (κ3) is 3.39. The van der Waals surface area contributed by atoms with E-state index in [1.165, 1.54) is 12.1 Å². The topological polar surface area (TPSA) is 86.6 Å². The van der Waals surface area contributed by atoms with Gasteiger partial charge in [0.15, 0.2) is 0 Å². The van der Waals surface area contributed by atoms with Gasteiger partial charge in [0.25, 0.3) is 5.91 Å². The Kier molecular flexibility index (Phi) is 4.64. The minimum absolute atomic E-state index is 0.287. The summed E-state index contributed by atoms with van der Waals surface area (Å²) >= 11 is 1.81. The zero-order chi connectivity index (χ0) is 15.7. The first kappa shape index (κ1) is 16.7. The number of carbonyl (C=O) groups excluding carboxylic acids is 1. The molecule has 9 heteroatoms. The maximum atomic E-state index is 12.5. The molecule has 20 heavy (non-hydrogen) atoms. The number of nitrogens with one attached hydrogen (secondary N) is 1. The number of alkyl halides is 3. The zero-order valence-electron chi connectivity index (χ0n) is 9.95. The van der Waals surface area contributed by atoms with Crippen LogP contribution in [0.25, 0.3) is 0 Å². The molecular weight excluding hydrogens is 394 g/mol. The number of hydrogen-bond donors (Lipinski definition) is 3. The van der Waals surface area contributed by atoms with Gasteiger partial charge >= 0.3 is 12.1 Å². The van der Waals surface area contributed by atoms with E-state index < -0.39 is 23.7 Å². The summed E-state index contributed by atoms with van der Waals surface area (Å²) in [7, 11) is 0. The van der Waals surface area contributed by atoms with E-state index in [9.17, 15) is 27.9 Å². The number of amides is 1. The van der Waals surface area contributed by atoms with E-state index in [0.717, 1.165) is 6.07 Å². The minimum atomic E-state index is -5.18. The fourth-order valence-electron chi connectivity index (χ4n) is 1.18. The molecule has 1 aromatic rings. The molecule has 0 radical (unpaired) electrons. The standard InChI is InChI=1S/C11H9F3INO4/c1-10(20,11(12,13)14)9(19)16-7-3-2-5(15)4-6(7)8(17)18/h2-4,20H,1H3,(H,16,19)(H,17,18). The highest BCUT2D eigenvalue weighted by molar-refractivity contribution is 14.1. The van der Waals surface area contributed by atoms with Gasteiger partial charge in [-0.05, 0) is 47.7 Å². The number of hydrogen-bond acceptors (Lipinski definition) is 3. The second kappa shape index (κ2) is 5.56. The quantitative estimate of drug-likeness (QED) is 0.676. The zero-order valence-corrected chi connectivity index (χ0v) is 12.1. The summed E-state index contributed by atoms with van der Waals surface area (Å²) in [6, 6.07) is 3.74. The summed E-state index contributed by atoms with van der Waals surface area (Å²) in [4.78, 5) is 22.4. The van der Waals surface area contributed by atoms with Crippen LogP contribution in [0.4, 0.5) is 18.9 Å². The Balaban J connectivity index is 3.12. The third-order valence-corrected chi connectivity index (χ3v) is 3.13. The number of aromatic carboxylic acids is 1. The Morgan fingerprint density at radius 1 is 1.30 bits per heavy atom. The molecule has 0 aliphatic carbocycles. The van der Waals surface area contributed by atoms with Crippen molar-refractivity contribution in [3.63, 3.8) is 0 Å². The predicted octanol–water partition coefficient (Wildman–Crippen LogP) is 2.24. The molecule has 0 spiro atoms. The van der Waals surface area contributed by atoms with Crippen molar-refractivity contribution in [1.29, 1.82) is 0 Å². The molecule has 0 bridgehead atoms. The van der Waals surface area contributed by atoms with E-state index in [1.54, 1.807) is 5.32 Å². The van der Waals surface area contributed by atoms with Gasteiger partial charge < -0.3 is 15.5 Å². The van der Waals surface area contributed by atoms with Gasteiger partial charge in [-0.2, -0.15) is 13.2 Å². The van der Waals surface area contributed by atoms with Crippen molar-refractivity contribution in [2.24, 2.45) is 0 Å². The van der Waals surface area contributed by atoms with Crippen molar-refractivity contribution >= 4 is 40.2 Å². The van der Waals surface area contributed by atoms with Crippen LogP contribution in [0.5, 0.6) is 0 Å². The molecule has 0 aliphatic heterocycles. The fourth-order valence-corrected chi connectivity index (χ4v) is 1.67. The molecule has 5 nitrogen and oxygen atoms in total. The predicted molar refractivity (Wildman–Crippen MR) is 71.4 cm³/mol. The highest BCUT2D eigenvalue weighted by Gasteiger charge is 2.55.